The topological polar surface area (TPSA) is 328 Å². The van der Waals surface area contributed by atoms with E-state index in [0.29, 0.717) is 0 Å². The summed E-state index contributed by atoms with van der Waals surface area (Å²) in [7, 11) is 0. The van der Waals surface area contributed by atoms with Crippen molar-refractivity contribution in [3.63, 3.8) is 0 Å². The molecule has 12 N–H and O–H groups in total. The monoisotopic (exact) mass is 756 g/mol. The van der Waals surface area contributed by atoms with Crippen molar-refractivity contribution >= 4 is 11.0 Å². The van der Waals surface area contributed by atoms with Crippen LogP contribution in [0.5, 0.6) is 28.7 Å². The molecule has 3 aliphatic rings. The van der Waals surface area contributed by atoms with Crippen LogP contribution >= 0.6 is 0 Å². The van der Waals surface area contributed by atoms with Gasteiger partial charge in [0.1, 0.15) is 83.5 Å². The van der Waals surface area contributed by atoms with Crippen LogP contribution in [-0.4, -0.2) is 160 Å². The van der Waals surface area contributed by atoms with E-state index in [4.69, 9.17) is 32.8 Å². The highest BCUT2D eigenvalue weighted by Crippen LogP contribution is 2.40. The summed E-state index contributed by atoms with van der Waals surface area (Å²) in [4.78, 5) is 13.7. The van der Waals surface area contributed by atoms with Crippen LogP contribution in [0.25, 0.3) is 22.3 Å². The number of aliphatic hydroxyl groups is 8. The minimum Gasteiger partial charge on any atom is -0.508 e. The number of rotatable bonds is 8. The van der Waals surface area contributed by atoms with E-state index < -0.39 is 144 Å². The average molecular weight is 757 g/mol. The number of fused-ring (bicyclic) bond motifs is 1. The van der Waals surface area contributed by atoms with Gasteiger partial charge < -0.3 is 94.1 Å². The molecule has 4 heterocycles. The van der Waals surface area contributed by atoms with Crippen molar-refractivity contribution < 1.29 is 94.1 Å². The number of phenolic OH excluding ortho intramolecular Hbond substituents is 4. The first kappa shape index (κ1) is 38.8. The second-order valence-corrected chi connectivity index (χ2v) is 13.1. The van der Waals surface area contributed by atoms with Crippen LogP contribution in [0.1, 0.15) is 13.8 Å². The predicted octanol–water partition coefficient (Wildman–Crippen LogP) is -2.84. The van der Waals surface area contributed by atoms with Gasteiger partial charge in [0.2, 0.25) is 17.5 Å². The minimum absolute atomic E-state index is 0.0610. The van der Waals surface area contributed by atoms with E-state index in [0.717, 1.165) is 24.3 Å². The van der Waals surface area contributed by atoms with Gasteiger partial charge in [0, 0.05) is 17.7 Å². The standard InChI is InChI=1S/C33H40O20/c1-9-19(38)22(41)25(44)32(48-9)52-28-10(2)49-31(27(46)24(28)43)47-8-17-20(39)23(42)26(45)33(51-17)53-30-21(40)18-15(37)6-12(34)7-16(18)50-29(30)11-3-4-13(35)14(36)5-11/h3-7,9-10,17,19-20,22-28,31-39,41-46H,8H2,1-2H3/t9-,10-,17+,19+,20+,22+,23-,24-,25+,26+,27+,28-,31+,32-,33-/m0/s1. The lowest BCUT2D eigenvalue weighted by atomic mass is 9.97. The molecule has 3 aromatic rings. The zero-order valence-electron chi connectivity index (χ0n) is 27.9. The molecule has 53 heavy (non-hydrogen) atoms. The Bertz CT molecular complexity index is 1830. The molecular formula is C33H40O20. The van der Waals surface area contributed by atoms with Crippen LogP contribution < -0.4 is 10.2 Å². The van der Waals surface area contributed by atoms with E-state index in [2.05, 4.69) is 0 Å². The molecule has 2 aromatic carbocycles. The molecule has 0 unspecified atom stereocenters. The number of aromatic hydroxyl groups is 4. The molecule has 15 atom stereocenters. The van der Waals surface area contributed by atoms with E-state index in [1.54, 1.807) is 0 Å². The van der Waals surface area contributed by atoms with Crippen molar-refractivity contribution in [1.82, 2.24) is 0 Å². The predicted molar refractivity (Wildman–Crippen MR) is 171 cm³/mol. The van der Waals surface area contributed by atoms with Crippen molar-refractivity contribution in [3.05, 3.63) is 40.6 Å². The number of phenols is 4. The average Bonchev–Trinajstić information content (AvgIpc) is 3.11. The van der Waals surface area contributed by atoms with Gasteiger partial charge in [-0.3, -0.25) is 4.79 Å². The second-order valence-electron chi connectivity index (χ2n) is 13.1. The van der Waals surface area contributed by atoms with Crippen molar-refractivity contribution in [1.29, 1.82) is 0 Å². The van der Waals surface area contributed by atoms with E-state index in [-0.39, 0.29) is 11.1 Å². The third kappa shape index (κ3) is 7.34. The lowest BCUT2D eigenvalue weighted by Gasteiger charge is -2.46. The van der Waals surface area contributed by atoms with E-state index in [9.17, 15) is 66.1 Å². The summed E-state index contributed by atoms with van der Waals surface area (Å²) < 4.78 is 39.5. The first-order valence-corrected chi connectivity index (χ1v) is 16.4. The zero-order chi connectivity index (χ0) is 38.6. The molecule has 3 saturated heterocycles. The lowest BCUT2D eigenvalue weighted by Crippen LogP contribution is -2.63. The smallest absolute Gasteiger partial charge is 0.239 e. The van der Waals surface area contributed by atoms with Gasteiger partial charge in [-0.1, -0.05) is 0 Å². The fourth-order valence-electron chi connectivity index (χ4n) is 6.30. The van der Waals surface area contributed by atoms with Crippen LogP contribution in [0.3, 0.4) is 0 Å². The van der Waals surface area contributed by atoms with Crippen molar-refractivity contribution in [2.45, 2.75) is 106 Å². The summed E-state index contributed by atoms with van der Waals surface area (Å²) in [6.45, 7) is 2.16. The van der Waals surface area contributed by atoms with Crippen molar-refractivity contribution in [3.8, 4) is 40.1 Å². The van der Waals surface area contributed by atoms with E-state index in [1.807, 2.05) is 0 Å². The Morgan fingerprint density at radius 2 is 1.28 bits per heavy atom. The molecule has 0 spiro atoms. The lowest BCUT2D eigenvalue weighted by molar-refractivity contribution is -0.357. The number of hydrogen-bond donors (Lipinski definition) is 12. The normalized spacial score (nSPS) is 37.8. The van der Waals surface area contributed by atoms with Crippen molar-refractivity contribution in [2.24, 2.45) is 0 Å². The molecule has 1 aromatic heterocycles. The van der Waals surface area contributed by atoms with Gasteiger partial charge in [-0.15, -0.1) is 0 Å². The molecule has 0 radical (unpaired) electrons. The van der Waals surface area contributed by atoms with Gasteiger partial charge in [-0.25, -0.2) is 0 Å². The highest BCUT2D eigenvalue weighted by atomic mass is 16.7. The summed E-state index contributed by atoms with van der Waals surface area (Å²) in [6.07, 6.45) is -24.2. The molecule has 0 aliphatic carbocycles. The Hall–Kier alpha value is -3.87. The van der Waals surface area contributed by atoms with Gasteiger partial charge >= 0.3 is 0 Å². The quantitative estimate of drug-likeness (QED) is 0.103. The summed E-state index contributed by atoms with van der Waals surface area (Å²) in [5.41, 5.74) is -1.44. The van der Waals surface area contributed by atoms with Gasteiger partial charge in [0.15, 0.2) is 29.8 Å². The Morgan fingerprint density at radius 1 is 0.642 bits per heavy atom. The van der Waals surface area contributed by atoms with Gasteiger partial charge in [-0.2, -0.15) is 0 Å². The Kier molecular flexibility index (Phi) is 11.1. The number of aliphatic hydroxyl groups excluding tert-OH is 8. The molecule has 0 saturated carbocycles. The molecule has 20 heteroatoms. The molecule has 3 fully saturated rings. The molecule has 3 aliphatic heterocycles. The van der Waals surface area contributed by atoms with Crippen molar-refractivity contribution in [2.75, 3.05) is 6.61 Å². The minimum atomic E-state index is -2.03. The summed E-state index contributed by atoms with van der Waals surface area (Å²) in [5, 5.41) is 124. The molecular weight excluding hydrogens is 716 g/mol. The maximum Gasteiger partial charge on any atom is 0.239 e. The maximum atomic E-state index is 13.7. The van der Waals surface area contributed by atoms with Crippen LogP contribution in [0.2, 0.25) is 0 Å². The van der Waals surface area contributed by atoms with E-state index >= 15 is 0 Å². The van der Waals surface area contributed by atoms with Crippen LogP contribution in [0, 0.1) is 0 Å². The Balaban J connectivity index is 1.20. The summed E-state index contributed by atoms with van der Waals surface area (Å²) >= 11 is 0. The number of hydrogen-bond acceptors (Lipinski definition) is 20. The van der Waals surface area contributed by atoms with Crippen LogP contribution in [-0.2, 0) is 23.7 Å². The highest BCUT2D eigenvalue weighted by molar-refractivity contribution is 5.88. The fraction of sp³-hybridized carbons (Fsp3) is 0.545. The van der Waals surface area contributed by atoms with Gasteiger partial charge in [0.25, 0.3) is 0 Å². The number of benzene rings is 2. The summed E-state index contributed by atoms with van der Waals surface area (Å²) in [5.74, 6) is -3.50. The second kappa shape index (κ2) is 15.1. The number of ether oxygens (including phenoxy) is 6. The Labute approximate surface area is 298 Å². The first-order chi connectivity index (χ1) is 25.0. The van der Waals surface area contributed by atoms with Gasteiger partial charge in [0.05, 0.1) is 18.8 Å². The maximum absolute atomic E-state index is 13.7. The van der Waals surface area contributed by atoms with E-state index in [1.165, 1.54) is 19.9 Å². The largest absolute Gasteiger partial charge is 0.508 e. The zero-order valence-corrected chi connectivity index (χ0v) is 27.9. The third-order valence-corrected chi connectivity index (χ3v) is 9.36. The molecule has 20 nitrogen and oxygen atoms in total. The van der Waals surface area contributed by atoms with Gasteiger partial charge in [-0.05, 0) is 32.0 Å². The molecule has 0 amide bonds. The SMILES string of the molecule is C[C@@H]1O[C@@H](O[C@@H]2[C@@H](O)[C@@H](O)[C@H](OC[C@H]3O[C@@H](Oc4c(-c5ccc(O)c(O)c5)oc5cc(O)cc(O)c5c4=O)[C@H](O)[C@@H](O)[C@@H]3O)O[C@H]2C)[C@H](O)[C@H](O)[C@@H]1O. The third-order valence-electron chi connectivity index (χ3n) is 9.36. The highest BCUT2D eigenvalue weighted by Gasteiger charge is 2.51. The molecule has 6 rings (SSSR count). The van der Waals surface area contributed by atoms with Crippen LogP contribution in [0.4, 0.5) is 0 Å². The van der Waals surface area contributed by atoms with Crippen LogP contribution in [0.15, 0.2) is 39.5 Å². The summed E-state index contributed by atoms with van der Waals surface area (Å²) in [6, 6.07) is 5.16. The fourth-order valence-corrected chi connectivity index (χ4v) is 6.30. The first-order valence-electron chi connectivity index (χ1n) is 16.4. The molecule has 292 valence electrons. The Morgan fingerprint density at radius 3 is 1.98 bits per heavy atom. The molecule has 0 bridgehead atoms.